The predicted molar refractivity (Wildman–Crippen MR) is 83.4 cm³/mol. The standard InChI is InChI=1S/C15H17N3S/c1-11-4-3-5-12(8-11)10-18(2)14-9-13(15(16)19)6-7-17-14/h3-9H,10H2,1-2H3,(H2,16,19). The number of hydrogen-bond acceptors (Lipinski definition) is 3. The minimum atomic E-state index is 0.396. The van der Waals surface area contributed by atoms with Gasteiger partial charge in [-0.05, 0) is 24.6 Å². The molecule has 19 heavy (non-hydrogen) atoms. The summed E-state index contributed by atoms with van der Waals surface area (Å²) in [5.41, 5.74) is 9.00. The molecule has 1 aromatic carbocycles. The summed E-state index contributed by atoms with van der Waals surface area (Å²) >= 11 is 4.99. The Labute approximate surface area is 119 Å². The fourth-order valence-electron chi connectivity index (χ4n) is 1.95. The highest BCUT2D eigenvalue weighted by atomic mass is 32.1. The smallest absolute Gasteiger partial charge is 0.129 e. The van der Waals surface area contributed by atoms with E-state index in [2.05, 4.69) is 41.1 Å². The van der Waals surface area contributed by atoms with Crippen molar-refractivity contribution in [2.45, 2.75) is 13.5 Å². The zero-order chi connectivity index (χ0) is 13.8. The molecule has 4 heteroatoms. The van der Waals surface area contributed by atoms with Crippen LogP contribution in [0.1, 0.15) is 16.7 Å². The molecule has 2 aromatic rings. The van der Waals surface area contributed by atoms with E-state index in [1.54, 1.807) is 6.20 Å². The van der Waals surface area contributed by atoms with E-state index in [0.29, 0.717) is 4.99 Å². The molecule has 98 valence electrons. The predicted octanol–water partition coefficient (Wildman–Crippen LogP) is 2.66. The van der Waals surface area contributed by atoms with Gasteiger partial charge >= 0.3 is 0 Å². The summed E-state index contributed by atoms with van der Waals surface area (Å²) in [7, 11) is 2.01. The first kappa shape index (κ1) is 13.5. The van der Waals surface area contributed by atoms with Crippen molar-refractivity contribution < 1.29 is 0 Å². The van der Waals surface area contributed by atoms with E-state index < -0.39 is 0 Å². The van der Waals surface area contributed by atoms with Gasteiger partial charge in [0.15, 0.2) is 0 Å². The molecule has 1 aromatic heterocycles. The number of nitrogens with zero attached hydrogens (tertiary/aromatic N) is 2. The van der Waals surface area contributed by atoms with Crippen LogP contribution in [0, 0.1) is 6.92 Å². The first-order chi connectivity index (χ1) is 9.06. The van der Waals surface area contributed by atoms with Gasteiger partial charge in [0.2, 0.25) is 0 Å². The van der Waals surface area contributed by atoms with Crippen LogP contribution < -0.4 is 10.6 Å². The van der Waals surface area contributed by atoms with Gasteiger partial charge in [-0.3, -0.25) is 0 Å². The van der Waals surface area contributed by atoms with Crippen LogP contribution in [0.15, 0.2) is 42.6 Å². The number of thiocarbonyl (C=S) groups is 1. The Kier molecular flexibility index (Phi) is 4.12. The summed E-state index contributed by atoms with van der Waals surface area (Å²) < 4.78 is 0. The van der Waals surface area contributed by atoms with Crippen molar-refractivity contribution in [3.05, 3.63) is 59.3 Å². The van der Waals surface area contributed by atoms with Crippen LogP contribution in [0.4, 0.5) is 5.82 Å². The number of hydrogen-bond donors (Lipinski definition) is 1. The van der Waals surface area contributed by atoms with Gasteiger partial charge in [0.25, 0.3) is 0 Å². The minimum Gasteiger partial charge on any atom is -0.389 e. The highest BCUT2D eigenvalue weighted by Crippen LogP contribution is 2.15. The third-order valence-corrected chi connectivity index (χ3v) is 3.16. The molecule has 0 aliphatic rings. The molecule has 0 radical (unpaired) electrons. The Bertz CT molecular complexity index is 595. The van der Waals surface area contributed by atoms with E-state index >= 15 is 0 Å². The Hall–Kier alpha value is -1.94. The van der Waals surface area contributed by atoms with E-state index in [1.165, 1.54) is 11.1 Å². The van der Waals surface area contributed by atoms with Crippen LogP contribution in [-0.2, 0) is 6.54 Å². The third-order valence-electron chi connectivity index (χ3n) is 2.92. The molecular weight excluding hydrogens is 254 g/mol. The lowest BCUT2D eigenvalue weighted by atomic mass is 10.1. The summed E-state index contributed by atoms with van der Waals surface area (Å²) in [5, 5.41) is 0. The fourth-order valence-corrected chi connectivity index (χ4v) is 2.07. The molecule has 0 aliphatic heterocycles. The average molecular weight is 271 g/mol. The monoisotopic (exact) mass is 271 g/mol. The van der Waals surface area contributed by atoms with Gasteiger partial charge in [-0.15, -0.1) is 0 Å². The SMILES string of the molecule is Cc1cccc(CN(C)c2cc(C(N)=S)ccn2)c1. The number of benzene rings is 1. The maximum atomic E-state index is 5.64. The van der Waals surface area contributed by atoms with E-state index in [0.717, 1.165) is 17.9 Å². The second-order valence-electron chi connectivity index (χ2n) is 4.61. The van der Waals surface area contributed by atoms with Crippen molar-refractivity contribution in [1.82, 2.24) is 4.98 Å². The van der Waals surface area contributed by atoms with E-state index in [4.69, 9.17) is 18.0 Å². The van der Waals surface area contributed by atoms with Crippen LogP contribution in [-0.4, -0.2) is 17.0 Å². The maximum Gasteiger partial charge on any atom is 0.129 e. The first-order valence-corrected chi connectivity index (χ1v) is 6.49. The number of nitrogens with two attached hydrogens (primary N) is 1. The van der Waals surface area contributed by atoms with Gasteiger partial charge < -0.3 is 10.6 Å². The lowest BCUT2D eigenvalue weighted by Crippen LogP contribution is -2.19. The number of aryl methyl sites for hydroxylation is 1. The van der Waals surface area contributed by atoms with E-state index in [9.17, 15) is 0 Å². The van der Waals surface area contributed by atoms with Gasteiger partial charge in [0, 0.05) is 25.4 Å². The molecule has 2 N–H and O–H groups in total. The van der Waals surface area contributed by atoms with Crippen molar-refractivity contribution in [3.63, 3.8) is 0 Å². The largest absolute Gasteiger partial charge is 0.389 e. The molecule has 3 nitrogen and oxygen atoms in total. The molecule has 0 atom stereocenters. The zero-order valence-electron chi connectivity index (χ0n) is 11.1. The van der Waals surface area contributed by atoms with Gasteiger partial charge in [-0.2, -0.15) is 0 Å². The molecule has 0 spiro atoms. The van der Waals surface area contributed by atoms with Crippen molar-refractivity contribution in [3.8, 4) is 0 Å². The average Bonchev–Trinajstić information content (AvgIpc) is 2.39. The van der Waals surface area contributed by atoms with Gasteiger partial charge in [0.1, 0.15) is 10.8 Å². The summed E-state index contributed by atoms with van der Waals surface area (Å²) in [6.07, 6.45) is 1.73. The quantitative estimate of drug-likeness (QED) is 0.868. The summed E-state index contributed by atoms with van der Waals surface area (Å²) in [5.74, 6) is 0.867. The molecule has 0 amide bonds. The lowest BCUT2D eigenvalue weighted by molar-refractivity contribution is 0.896. The summed E-state index contributed by atoms with van der Waals surface area (Å²) in [6, 6.07) is 12.2. The van der Waals surface area contributed by atoms with Crippen LogP contribution in [0.5, 0.6) is 0 Å². The van der Waals surface area contributed by atoms with E-state index in [1.807, 2.05) is 19.2 Å². The number of rotatable bonds is 4. The maximum absolute atomic E-state index is 5.64. The molecule has 2 rings (SSSR count). The Morgan fingerprint density at radius 3 is 2.79 bits per heavy atom. The molecule has 0 aliphatic carbocycles. The number of pyridine rings is 1. The second-order valence-corrected chi connectivity index (χ2v) is 5.05. The minimum absolute atomic E-state index is 0.396. The summed E-state index contributed by atoms with van der Waals surface area (Å²) in [4.78, 5) is 6.83. The molecule has 0 unspecified atom stereocenters. The molecule has 0 fully saturated rings. The van der Waals surface area contributed by atoms with Crippen molar-refractivity contribution in [1.29, 1.82) is 0 Å². The molecule has 0 saturated carbocycles. The van der Waals surface area contributed by atoms with Crippen molar-refractivity contribution in [2.24, 2.45) is 5.73 Å². The van der Waals surface area contributed by atoms with Crippen LogP contribution in [0.2, 0.25) is 0 Å². The molecule has 0 bridgehead atoms. The van der Waals surface area contributed by atoms with Crippen molar-refractivity contribution >= 4 is 23.0 Å². The highest BCUT2D eigenvalue weighted by Gasteiger charge is 2.06. The van der Waals surface area contributed by atoms with Crippen LogP contribution in [0.25, 0.3) is 0 Å². The van der Waals surface area contributed by atoms with E-state index in [-0.39, 0.29) is 0 Å². The first-order valence-electron chi connectivity index (χ1n) is 6.09. The summed E-state index contributed by atoms with van der Waals surface area (Å²) in [6.45, 7) is 2.89. The topological polar surface area (TPSA) is 42.1 Å². The van der Waals surface area contributed by atoms with Crippen molar-refractivity contribution in [2.75, 3.05) is 11.9 Å². The highest BCUT2D eigenvalue weighted by molar-refractivity contribution is 7.80. The van der Waals surface area contributed by atoms with Crippen LogP contribution in [0.3, 0.4) is 0 Å². The Morgan fingerprint density at radius 2 is 2.11 bits per heavy atom. The zero-order valence-corrected chi connectivity index (χ0v) is 11.9. The van der Waals surface area contributed by atoms with Crippen LogP contribution >= 0.6 is 12.2 Å². The number of aromatic nitrogens is 1. The molecule has 0 saturated heterocycles. The van der Waals surface area contributed by atoms with Gasteiger partial charge in [0.05, 0.1) is 0 Å². The fraction of sp³-hybridized carbons (Fsp3) is 0.200. The van der Waals surface area contributed by atoms with Gasteiger partial charge in [-0.1, -0.05) is 42.0 Å². The number of anilines is 1. The normalized spacial score (nSPS) is 10.2. The third kappa shape index (κ3) is 3.51. The molecule has 1 heterocycles. The second kappa shape index (κ2) is 5.80. The molecular formula is C15H17N3S. The Balaban J connectivity index is 2.18. The lowest BCUT2D eigenvalue weighted by Gasteiger charge is -2.19. The Morgan fingerprint density at radius 1 is 1.32 bits per heavy atom. The van der Waals surface area contributed by atoms with Gasteiger partial charge in [-0.25, -0.2) is 4.98 Å².